The number of nitrogens with zero attached hydrogens (tertiary/aromatic N) is 5. The highest BCUT2D eigenvalue weighted by atomic mass is 16.2. The van der Waals surface area contributed by atoms with Crippen molar-refractivity contribution in [2.45, 2.75) is 90.4 Å². The predicted molar refractivity (Wildman–Crippen MR) is 510 cm³/mol. The average molecular weight is 1810 g/mol. The van der Waals surface area contributed by atoms with Crippen LogP contribution in [0.4, 0.5) is 29.7 Å². The fraction of sp³-hybridized carbons (Fsp3) is 0.162. The van der Waals surface area contributed by atoms with E-state index in [2.05, 4.69) is 26.6 Å². The lowest BCUT2D eigenvalue weighted by Gasteiger charge is -2.44. The molecular weight excluding hydrogens is 1710 g/mol. The number of imide groups is 10. The highest BCUT2D eigenvalue weighted by Crippen LogP contribution is 2.41. The fourth-order valence-electron chi connectivity index (χ4n) is 17.1. The maximum Gasteiger partial charge on any atom is 0.335 e. The summed E-state index contributed by atoms with van der Waals surface area (Å²) in [5.41, 5.74) is 3.43. The summed E-state index contributed by atoms with van der Waals surface area (Å²) < 4.78 is 0. The summed E-state index contributed by atoms with van der Waals surface area (Å²) in [5, 5.41) is 11.5. The van der Waals surface area contributed by atoms with Crippen molar-refractivity contribution in [2.75, 3.05) is 4.90 Å². The van der Waals surface area contributed by atoms with Crippen molar-refractivity contribution < 1.29 is 71.9 Å². The first kappa shape index (κ1) is 95.0. The van der Waals surface area contributed by atoms with E-state index in [0.29, 0.717) is 11.3 Å². The molecule has 0 radical (unpaired) electrons. The van der Waals surface area contributed by atoms with E-state index < -0.39 is 116 Å². The Kier molecular flexibility index (Phi) is 30.3. The molecule has 5 fully saturated rings. The Morgan fingerprint density at radius 1 is 0.206 bits per heavy atom. The number of urea groups is 5. The molecule has 0 aliphatic carbocycles. The highest BCUT2D eigenvalue weighted by Gasteiger charge is 2.59. The molecule has 0 spiro atoms. The molecule has 5 aliphatic heterocycles. The second-order valence-corrected chi connectivity index (χ2v) is 34.0. The zero-order valence-electron chi connectivity index (χ0n) is 74.7. The summed E-state index contributed by atoms with van der Waals surface area (Å²) in [5.74, 6) is -5.22. The Balaban J connectivity index is 0.000000138. The number of carbonyl (C=O) groups excluding carboxylic acids is 15. The molecule has 20 amide bonds. The van der Waals surface area contributed by atoms with Gasteiger partial charge in [-0.05, 0) is 138 Å². The molecule has 0 aromatic heterocycles. The molecule has 2 atom stereocenters. The summed E-state index contributed by atoms with van der Waals surface area (Å²) in [4.78, 5) is 199. The molecule has 13 aromatic carbocycles. The van der Waals surface area contributed by atoms with Crippen LogP contribution in [0.25, 0.3) is 0 Å². The number of anilines is 1. The smallest absolute Gasteiger partial charge is 0.277 e. The first-order valence-electron chi connectivity index (χ1n) is 44.2. The number of rotatable bonds is 24. The summed E-state index contributed by atoms with van der Waals surface area (Å²) >= 11 is 0. The highest BCUT2D eigenvalue weighted by molar-refractivity contribution is 6.30. The lowest BCUT2D eigenvalue weighted by atomic mass is 9.72. The normalized spacial score (nSPS) is 17.6. The number of para-hydroxylation sites is 1. The van der Waals surface area contributed by atoms with Crippen LogP contribution in [0.3, 0.4) is 0 Å². The van der Waals surface area contributed by atoms with E-state index in [4.69, 9.17) is 0 Å². The van der Waals surface area contributed by atoms with Crippen molar-refractivity contribution in [3.8, 4) is 0 Å². The predicted octanol–water partition coefficient (Wildman–Crippen LogP) is 16.0. The number of barbiturate groups is 5. The molecule has 136 heavy (non-hydrogen) atoms. The van der Waals surface area contributed by atoms with Gasteiger partial charge >= 0.3 is 30.2 Å². The average Bonchev–Trinajstić information content (AvgIpc) is 0.721. The lowest BCUT2D eigenvalue weighted by Crippen LogP contribution is -2.66. The number of hydrogen-bond acceptors (Lipinski definition) is 15. The molecule has 13 aromatic rings. The van der Waals surface area contributed by atoms with Gasteiger partial charge in [0.1, 0.15) is 21.7 Å². The zero-order valence-corrected chi connectivity index (χ0v) is 74.7. The van der Waals surface area contributed by atoms with Gasteiger partial charge in [0.25, 0.3) is 11.8 Å². The maximum absolute atomic E-state index is 14.3. The minimum absolute atomic E-state index is 0.0996. The Labute approximate surface area is 786 Å². The number of hydrogen-bond donors (Lipinski definition) is 5. The van der Waals surface area contributed by atoms with E-state index >= 15 is 0 Å². The zero-order chi connectivity index (χ0) is 95.8. The van der Waals surface area contributed by atoms with Crippen molar-refractivity contribution in [2.24, 2.45) is 21.7 Å². The Morgan fingerprint density at radius 3 is 0.765 bits per heavy atom. The quantitative estimate of drug-likeness (QED) is 0.0351. The topological polar surface area (TPSA) is 332 Å². The van der Waals surface area contributed by atoms with Gasteiger partial charge in [0, 0.05) is 0 Å². The number of carbonyl (C=O) groups is 15. The van der Waals surface area contributed by atoms with E-state index in [-0.39, 0.29) is 71.1 Å². The van der Waals surface area contributed by atoms with Gasteiger partial charge in [-0.1, -0.05) is 382 Å². The molecule has 5 heterocycles. The third-order valence-corrected chi connectivity index (χ3v) is 24.4. The van der Waals surface area contributed by atoms with Crippen LogP contribution >= 0.6 is 0 Å². The largest absolute Gasteiger partial charge is 0.335 e. The Hall–Kier alpha value is -17.1. The SMILES string of the molecule is CC1(Cc2ccccc2)C(=O)NC(=O)N(c2ccccc2)C1=O.CC1(c2ccccc2)C(=O)NC(=O)N(Cc2ccccc2)C1=O.O=C1N(Cc2ccccc2)C(=O)C(Cc2ccccc2)(Cc2ccccc2)C(=O)N1Cc1ccccc1.O=C1NC(=O)C(Cc2ccccc2)(Cc2ccccc2)C(=O)N1.O=C1NC(=O)C(Cc2ccccc2)(Cc2ccccc2)C(=O)N1Cc1ccccc1. The molecule has 18 rings (SSSR count). The molecular formula is C111H98N10O15. The first-order chi connectivity index (χ1) is 65.8. The van der Waals surface area contributed by atoms with E-state index in [1.54, 1.807) is 68.4 Å². The van der Waals surface area contributed by atoms with Crippen LogP contribution in [0, 0.1) is 21.7 Å². The second kappa shape index (κ2) is 43.3. The van der Waals surface area contributed by atoms with E-state index in [1.807, 2.05) is 340 Å². The van der Waals surface area contributed by atoms with E-state index in [9.17, 15) is 71.9 Å². The van der Waals surface area contributed by atoms with Crippen LogP contribution in [0.5, 0.6) is 0 Å². The molecule has 5 aliphatic rings. The Bertz CT molecular complexity index is 6280. The van der Waals surface area contributed by atoms with Crippen LogP contribution in [-0.4, -0.2) is 109 Å². The minimum Gasteiger partial charge on any atom is -0.277 e. The first-order valence-corrected chi connectivity index (χ1v) is 44.2. The summed E-state index contributed by atoms with van der Waals surface area (Å²) in [6.45, 7) is 3.56. The fourth-order valence-corrected chi connectivity index (χ4v) is 17.1. The molecule has 5 N–H and O–H groups in total. The van der Waals surface area contributed by atoms with Crippen LogP contribution in [0.2, 0.25) is 0 Å². The second-order valence-electron chi connectivity index (χ2n) is 34.0. The van der Waals surface area contributed by atoms with E-state index in [0.717, 1.165) is 75.9 Å². The third kappa shape index (κ3) is 21.9. The molecule has 5 saturated heterocycles. The van der Waals surface area contributed by atoms with Crippen LogP contribution in [0.1, 0.15) is 80.6 Å². The van der Waals surface area contributed by atoms with Gasteiger partial charge in [-0.2, -0.15) is 0 Å². The van der Waals surface area contributed by atoms with Gasteiger partial charge in [0.2, 0.25) is 47.3 Å². The molecule has 682 valence electrons. The monoisotopic (exact) mass is 1810 g/mol. The maximum atomic E-state index is 14.3. The number of benzene rings is 13. The number of amides is 20. The van der Waals surface area contributed by atoms with Gasteiger partial charge in [-0.15, -0.1) is 0 Å². The van der Waals surface area contributed by atoms with Crippen molar-refractivity contribution in [1.82, 2.24) is 46.2 Å². The summed E-state index contributed by atoms with van der Waals surface area (Å²) in [6.07, 6.45) is 1.52. The van der Waals surface area contributed by atoms with Crippen molar-refractivity contribution >= 4 is 94.9 Å². The Morgan fingerprint density at radius 2 is 0.441 bits per heavy atom. The lowest BCUT2D eigenvalue weighted by molar-refractivity contribution is -0.160. The van der Waals surface area contributed by atoms with Gasteiger partial charge < -0.3 is 0 Å². The van der Waals surface area contributed by atoms with Gasteiger partial charge in [0.15, 0.2) is 5.41 Å². The van der Waals surface area contributed by atoms with Gasteiger partial charge in [-0.25, -0.2) is 28.9 Å². The van der Waals surface area contributed by atoms with E-state index in [1.165, 1.54) is 9.80 Å². The van der Waals surface area contributed by atoms with Crippen LogP contribution in [0.15, 0.2) is 394 Å². The molecule has 0 bridgehead atoms. The molecule has 25 nitrogen and oxygen atoms in total. The summed E-state index contributed by atoms with van der Waals surface area (Å²) in [6, 6.07) is 117. The summed E-state index contributed by atoms with van der Waals surface area (Å²) in [7, 11) is 0. The van der Waals surface area contributed by atoms with Crippen molar-refractivity contribution in [3.05, 3.63) is 461 Å². The van der Waals surface area contributed by atoms with Crippen molar-refractivity contribution in [1.29, 1.82) is 0 Å². The van der Waals surface area contributed by atoms with Gasteiger partial charge in [0.05, 0.1) is 31.9 Å². The van der Waals surface area contributed by atoms with Crippen LogP contribution < -0.4 is 31.5 Å². The standard InChI is InChI=1S/C32H28N2O3.C25H22N2O3.3C18H16N2O3/c35-29-32(21-25-13-5-1-6-14-25,22-26-15-7-2-8-16-26)30(36)34(24-28-19-11-4-12-20-28)31(37)33(29)23-27-17-9-3-10-18-27;28-22-25(16-19-10-4-1-5-11-19,17-20-12-6-2-7-13-20)23(29)27(24(30)26-22)18-21-14-8-3-9-15-21;1-18(14-10-6-3-7-11-14)15(21)19-17(23)20(16(18)22)12-13-8-4-2-5-9-13;1-18(12-13-8-4-2-5-9-13)15(21)19-17(23)20(16(18)22)14-10-6-3-7-11-14;21-15-18(16(22)20-17(23)19-15,11-13-7-3-1-4-8-13)12-14-9-5-2-6-10-14/h1-20H,21-24H2;1-15H,16-18H2,(H,26,28,30);2*2-11H,12H2,1H3,(H,19,21,23);1-10H,11-12H2,(H2,19,20,21,22,23). The number of nitrogens with one attached hydrogen (secondary N) is 5. The molecule has 25 heteroatoms. The molecule has 0 saturated carbocycles. The van der Waals surface area contributed by atoms with Gasteiger partial charge in [-0.3, -0.25) is 94.1 Å². The minimum atomic E-state index is -1.46. The molecule has 2 unspecified atom stereocenters. The third-order valence-electron chi connectivity index (χ3n) is 24.4. The van der Waals surface area contributed by atoms with Crippen molar-refractivity contribution in [3.63, 3.8) is 0 Å². The van der Waals surface area contributed by atoms with Crippen LogP contribution in [-0.2, 0) is 124 Å².